The Balaban J connectivity index is 2.15. The van der Waals surface area contributed by atoms with Gasteiger partial charge in [-0.25, -0.2) is 0 Å². The fraction of sp³-hybridized carbons (Fsp3) is 1.00. The molecule has 0 bridgehead atoms. The van der Waals surface area contributed by atoms with Gasteiger partial charge >= 0.3 is 0 Å². The van der Waals surface area contributed by atoms with Crippen molar-refractivity contribution in [3.8, 4) is 0 Å². The summed E-state index contributed by atoms with van der Waals surface area (Å²) in [6, 6.07) is 0.647. The fourth-order valence-corrected chi connectivity index (χ4v) is 2.19. The Morgan fingerprint density at radius 3 is 2.40 bits per heavy atom. The van der Waals surface area contributed by atoms with Gasteiger partial charge in [0.15, 0.2) is 0 Å². The molecule has 1 rings (SSSR count). The van der Waals surface area contributed by atoms with Crippen molar-refractivity contribution in [2.75, 3.05) is 26.7 Å². The maximum Gasteiger partial charge on any atom is 0.0565 e. The van der Waals surface area contributed by atoms with E-state index in [4.69, 9.17) is 4.74 Å². The number of hydrogen-bond acceptors (Lipinski definition) is 3. The van der Waals surface area contributed by atoms with E-state index >= 15 is 0 Å². The van der Waals surface area contributed by atoms with Gasteiger partial charge in [-0.15, -0.1) is 0 Å². The van der Waals surface area contributed by atoms with Crippen molar-refractivity contribution in [1.29, 1.82) is 0 Å². The summed E-state index contributed by atoms with van der Waals surface area (Å²) in [6.45, 7) is 9.89. The zero-order valence-electron chi connectivity index (χ0n) is 10.6. The minimum absolute atomic E-state index is 0.412. The van der Waals surface area contributed by atoms with Gasteiger partial charge in [0.1, 0.15) is 0 Å². The lowest BCUT2D eigenvalue weighted by molar-refractivity contribution is -0.0421. The normalized spacial score (nSPS) is 32.2. The molecule has 0 aliphatic carbocycles. The van der Waals surface area contributed by atoms with Gasteiger partial charge in [0, 0.05) is 19.1 Å². The number of rotatable bonds is 5. The van der Waals surface area contributed by atoms with Crippen LogP contribution in [0.5, 0.6) is 0 Å². The molecule has 1 aliphatic rings. The van der Waals surface area contributed by atoms with Crippen LogP contribution >= 0.6 is 0 Å². The zero-order valence-corrected chi connectivity index (χ0v) is 10.6. The minimum atomic E-state index is 0.412. The van der Waals surface area contributed by atoms with Gasteiger partial charge in [0.05, 0.1) is 12.2 Å². The van der Waals surface area contributed by atoms with E-state index in [9.17, 15) is 0 Å². The van der Waals surface area contributed by atoms with Crippen molar-refractivity contribution in [2.24, 2.45) is 0 Å². The molecule has 0 saturated carbocycles. The molecule has 1 aliphatic heterocycles. The molecule has 0 aromatic rings. The molecule has 0 aromatic heterocycles. The lowest BCUT2D eigenvalue weighted by Gasteiger charge is -2.33. The summed E-state index contributed by atoms with van der Waals surface area (Å²) >= 11 is 0. The number of likely N-dealkylation sites (N-methyl/N-ethyl adjacent to an activating group) is 1. The van der Waals surface area contributed by atoms with E-state index in [1.165, 1.54) is 0 Å². The van der Waals surface area contributed by atoms with E-state index in [1.54, 1.807) is 0 Å². The second kappa shape index (κ2) is 6.46. The number of nitrogens with zero attached hydrogens (tertiary/aromatic N) is 1. The Bertz CT molecular complexity index is 165. The largest absolute Gasteiger partial charge is 0.375 e. The first-order valence-electron chi connectivity index (χ1n) is 6.19. The molecule has 1 saturated heterocycles. The highest BCUT2D eigenvalue weighted by Gasteiger charge is 2.23. The SMILES string of the molecule is CCN(C)CCNC1CC(C)OC(C)C1. The molecular formula is C12H26N2O. The van der Waals surface area contributed by atoms with Gasteiger partial charge in [0.2, 0.25) is 0 Å². The summed E-state index contributed by atoms with van der Waals surface area (Å²) in [4.78, 5) is 2.33. The summed E-state index contributed by atoms with van der Waals surface area (Å²) < 4.78 is 5.71. The Kier molecular flexibility index (Phi) is 5.58. The molecule has 90 valence electrons. The third-order valence-corrected chi connectivity index (χ3v) is 3.16. The smallest absolute Gasteiger partial charge is 0.0565 e. The average Bonchev–Trinajstić information content (AvgIpc) is 2.16. The minimum Gasteiger partial charge on any atom is -0.375 e. The van der Waals surface area contributed by atoms with E-state index in [1.807, 2.05) is 0 Å². The van der Waals surface area contributed by atoms with Crippen molar-refractivity contribution in [3.63, 3.8) is 0 Å². The molecule has 0 aromatic carbocycles. The predicted molar refractivity (Wildman–Crippen MR) is 64.2 cm³/mol. The Morgan fingerprint density at radius 2 is 1.87 bits per heavy atom. The summed E-state index contributed by atoms with van der Waals surface area (Å²) in [6.07, 6.45) is 3.13. The first kappa shape index (κ1) is 12.9. The summed E-state index contributed by atoms with van der Waals surface area (Å²) in [5.41, 5.74) is 0. The van der Waals surface area contributed by atoms with Crippen LogP contribution in [0.2, 0.25) is 0 Å². The average molecular weight is 214 g/mol. The first-order chi connectivity index (χ1) is 7.11. The zero-order chi connectivity index (χ0) is 11.3. The molecule has 1 fully saturated rings. The number of nitrogens with one attached hydrogen (secondary N) is 1. The summed E-state index contributed by atoms with van der Waals surface area (Å²) in [5, 5.41) is 3.63. The van der Waals surface area contributed by atoms with Crippen LogP contribution in [0.3, 0.4) is 0 Å². The van der Waals surface area contributed by atoms with Gasteiger partial charge < -0.3 is 15.0 Å². The van der Waals surface area contributed by atoms with Crippen LogP contribution in [0.15, 0.2) is 0 Å². The van der Waals surface area contributed by atoms with Crippen molar-refractivity contribution in [2.45, 2.75) is 51.9 Å². The Morgan fingerprint density at radius 1 is 1.27 bits per heavy atom. The Labute approximate surface area is 94.2 Å². The molecule has 0 amide bonds. The molecule has 2 unspecified atom stereocenters. The van der Waals surface area contributed by atoms with Gasteiger partial charge in [-0.3, -0.25) is 0 Å². The van der Waals surface area contributed by atoms with Crippen LogP contribution in [0, 0.1) is 0 Å². The lowest BCUT2D eigenvalue weighted by atomic mass is 10.00. The van der Waals surface area contributed by atoms with Crippen LogP contribution < -0.4 is 5.32 Å². The second-order valence-corrected chi connectivity index (χ2v) is 4.78. The van der Waals surface area contributed by atoms with Gasteiger partial charge in [-0.1, -0.05) is 6.92 Å². The first-order valence-corrected chi connectivity index (χ1v) is 6.19. The second-order valence-electron chi connectivity index (χ2n) is 4.78. The molecular weight excluding hydrogens is 188 g/mol. The third kappa shape index (κ3) is 4.96. The topological polar surface area (TPSA) is 24.5 Å². The monoisotopic (exact) mass is 214 g/mol. The highest BCUT2D eigenvalue weighted by Crippen LogP contribution is 2.18. The highest BCUT2D eigenvalue weighted by atomic mass is 16.5. The van der Waals surface area contributed by atoms with Crippen LogP contribution in [-0.2, 0) is 4.74 Å². The summed E-state index contributed by atoms with van der Waals surface area (Å²) in [7, 11) is 2.16. The van der Waals surface area contributed by atoms with E-state index in [0.717, 1.165) is 32.5 Å². The Hall–Kier alpha value is -0.120. The lowest BCUT2D eigenvalue weighted by Crippen LogP contribution is -2.43. The van der Waals surface area contributed by atoms with Crippen molar-refractivity contribution in [3.05, 3.63) is 0 Å². The molecule has 15 heavy (non-hydrogen) atoms. The number of ether oxygens (including phenoxy) is 1. The van der Waals surface area contributed by atoms with E-state index in [-0.39, 0.29) is 0 Å². The highest BCUT2D eigenvalue weighted by molar-refractivity contribution is 4.78. The van der Waals surface area contributed by atoms with Crippen LogP contribution in [0.1, 0.15) is 33.6 Å². The molecule has 0 radical (unpaired) electrons. The van der Waals surface area contributed by atoms with Crippen LogP contribution in [0.25, 0.3) is 0 Å². The van der Waals surface area contributed by atoms with Gasteiger partial charge in [-0.05, 0) is 40.3 Å². The van der Waals surface area contributed by atoms with Gasteiger partial charge in [-0.2, -0.15) is 0 Å². The van der Waals surface area contributed by atoms with Crippen LogP contribution in [0.4, 0.5) is 0 Å². The molecule has 3 heteroatoms. The summed E-state index contributed by atoms with van der Waals surface area (Å²) in [5.74, 6) is 0. The van der Waals surface area contributed by atoms with E-state index in [0.29, 0.717) is 18.2 Å². The predicted octanol–water partition coefficient (Wildman–Crippen LogP) is 1.48. The maximum atomic E-state index is 5.71. The molecule has 1 heterocycles. The van der Waals surface area contributed by atoms with Crippen LogP contribution in [-0.4, -0.2) is 49.8 Å². The standard InChI is InChI=1S/C12H26N2O/c1-5-14(4)7-6-13-12-8-10(2)15-11(3)9-12/h10-13H,5-9H2,1-4H3. The maximum absolute atomic E-state index is 5.71. The van der Waals surface area contributed by atoms with Crippen molar-refractivity contribution in [1.82, 2.24) is 10.2 Å². The van der Waals surface area contributed by atoms with Gasteiger partial charge in [0.25, 0.3) is 0 Å². The quantitative estimate of drug-likeness (QED) is 0.750. The fourth-order valence-electron chi connectivity index (χ4n) is 2.19. The molecule has 2 atom stereocenters. The molecule has 1 N–H and O–H groups in total. The van der Waals surface area contributed by atoms with E-state index in [2.05, 4.69) is 38.0 Å². The third-order valence-electron chi connectivity index (χ3n) is 3.16. The number of hydrogen-bond donors (Lipinski definition) is 1. The van der Waals surface area contributed by atoms with Crippen molar-refractivity contribution < 1.29 is 4.74 Å². The molecule has 0 spiro atoms. The van der Waals surface area contributed by atoms with Crippen molar-refractivity contribution >= 4 is 0 Å². The molecule has 3 nitrogen and oxygen atoms in total. The van der Waals surface area contributed by atoms with E-state index < -0.39 is 0 Å².